The number of Topliss-reactive ketones (excluding diaryl/α,β-unsaturated/α-hetero) is 1. The average Bonchev–Trinajstić information content (AvgIpc) is 2.86. The van der Waals surface area contributed by atoms with Gasteiger partial charge in [0.2, 0.25) is 0 Å². The summed E-state index contributed by atoms with van der Waals surface area (Å²) in [5.41, 5.74) is 3.38. The third kappa shape index (κ3) is 5.84. The van der Waals surface area contributed by atoms with Crippen molar-refractivity contribution in [2.45, 2.75) is 69.4 Å². The third-order valence-electron chi connectivity index (χ3n) is 7.50. The zero-order valence-electron chi connectivity index (χ0n) is 21.9. The van der Waals surface area contributed by atoms with Gasteiger partial charge in [-0.1, -0.05) is 24.3 Å². The number of carbonyl (C=O) groups excluding carboxylic acids is 3. The first-order valence-corrected chi connectivity index (χ1v) is 14.1. The lowest BCUT2D eigenvalue weighted by Gasteiger charge is -2.42. The quantitative estimate of drug-likeness (QED) is 0.148. The van der Waals surface area contributed by atoms with Crippen LogP contribution in [-0.2, 0) is 25.3 Å². The van der Waals surface area contributed by atoms with Crippen molar-refractivity contribution in [1.82, 2.24) is 0 Å². The molecule has 14 nitrogen and oxygen atoms in total. The Bertz CT molecular complexity index is 1450. The van der Waals surface area contributed by atoms with Crippen LogP contribution in [0.3, 0.4) is 0 Å². The largest absolute Gasteiger partial charge is 0.507 e. The van der Waals surface area contributed by atoms with E-state index in [-0.39, 0.29) is 46.2 Å². The molecule has 0 saturated carbocycles. The Labute approximate surface area is 233 Å². The highest BCUT2D eigenvalue weighted by Crippen LogP contribution is 2.52. The van der Waals surface area contributed by atoms with Gasteiger partial charge in [0, 0.05) is 47.6 Å². The SMILES string of the molecule is CC(=O)[C@]1(O)Cc2c(O)c3c(c(O)c2[C@@H](O[C@H]2C[C@H](N)[C@H](O)[C@H](C)O2)C1)C(=O)c1ccccc1C3=O.O=P(O)(O)O. The maximum absolute atomic E-state index is 13.3. The summed E-state index contributed by atoms with van der Waals surface area (Å²) in [6.45, 7) is 2.80. The van der Waals surface area contributed by atoms with Gasteiger partial charge in [-0.3, -0.25) is 14.4 Å². The van der Waals surface area contributed by atoms with Crippen molar-refractivity contribution in [3.05, 3.63) is 57.6 Å². The Kier molecular flexibility index (Phi) is 8.28. The molecule has 6 atom stereocenters. The summed E-state index contributed by atoms with van der Waals surface area (Å²) in [6, 6.07) is 5.40. The molecule has 1 fully saturated rings. The highest BCUT2D eigenvalue weighted by atomic mass is 31.2. The molecule has 2 aliphatic carbocycles. The van der Waals surface area contributed by atoms with Gasteiger partial charge in [-0.05, 0) is 13.8 Å². The van der Waals surface area contributed by atoms with Crippen molar-refractivity contribution >= 4 is 25.2 Å². The van der Waals surface area contributed by atoms with Crippen LogP contribution in [0.5, 0.6) is 11.5 Å². The number of ketones is 3. The number of ether oxygens (including phenoxy) is 2. The molecule has 2 aromatic rings. The van der Waals surface area contributed by atoms with Crippen molar-refractivity contribution in [3.63, 3.8) is 0 Å². The Balaban J connectivity index is 0.000000714. The predicted molar refractivity (Wildman–Crippen MR) is 138 cm³/mol. The molecule has 1 heterocycles. The van der Waals surface area contributed by atoms with E-state index >= 15 is 0 Å². The molecule has 0 aromatic heterocycles. The molecule has 1 aliphatic heterocycles. The van der Waals surface area contributed by atoms with Crippen LogP contribution in [0.1, 0.15) is 75.8 Å². The van der Waals surface area contributed by atoms with E-state index < -0.39 is 79.3 Å². The molecule has 9 N–H and O–H groups in total. The molecule has 0 unspecified atom stereocenters. The molecule has 0 radical (unpaired) electrons. The normalized spacial score (nSPS) is 29.0. The van der Waals surface area contributed by atoms with Gasteiger partial charge in [0.15, 0.2) is 23.6 Å². The number of hydrogen-bond donors (Lipinski definition) is 8. The number of rotatable bonds is 3. The molecule has 222 valence electrons. The van der Waals surface area contributed by atoms with Crippen molar-refractivity contribution in [2.75, 3.05) is 0 Å². The molecular weight excluding hydrogens is 565 g/mol. The number of aromatic hydroxyl groups is 2. The van der Waals surface area contributed by atoms with E-state index in [0.717, 1.165) is 0 Å². The molecule has 2 aromatic carbocycles. The fraction of sp³-hybridized carbons (Fsp3) is 0.423. The van der Waals surface area contributed by atoms with Crippen LogP contribution in [-0.4, -0.2) is 82.6 Å². The third-order valence-corrected chi connectivity index (χ3v) is 7.50. The maximum Gasteiger partial charge on any atom is 0.466 e. The Morgan fingerprint density at radius 3 is 2.07 bits per heavy atom. The highest BCUT2D eigenvalue weighted by Gasteiger charge is 2.49. The maximum atomic E-state index is 13.3. The van der Waals surface area contributed by atoms with E-state index in [9.17, 15) is 34.8 Å². The van der Waals surface area contributed by atoms with Gasteiger partial charge >= 0.3 is 7.82 Å². The average molecular weight is 595 g/mol. The number of benzene rings is 2. The van der Waals surface area contributed by atoms with Gasteiger partial charge in [0.1, 0.15) is 17.1 Å². The molecule has 0 bridgehead atoms. The number of fused-ring (bicyclic) bond motifs is 3. The second kappa shape index (κ2) is 11.0. The molecule has 41 heavy (non-hydrogen) atoms. The van der Waals surface area contributed by atoms with E-state index in [1.54, 1.807) is 19.1 Å². The molecule has 0 spiro atoms. The summed E-state index contributed by atoms with van der Waals surface area (Å²) < 4.78 is 20.6. The van der Waals surface area contributed by atoms with Gasteiger partial charge in [-0.2, -0.15) is 0 Å². The monoisotopic (exact) mass is 595 g/mol. The zero-order chi connectivity index (χ0) is 30.6. The topological polar surface area (TPSA) is 254 Å². The fourth-order valence-electron chi connectivity index (χ4n) is 5.42. The summed E-state index contributed by atoms with van der Waals surface area (Å²) in [5, 5.41) is 43.8. The second-order valence-corrected chi connectivity index (χ2v) is 11.3. The summed E-state index contributed by atoms with van der Waals surface area (Å²) in [4.78, 5) is 60.6. The molecular formula is C26H30NO13P. The summed E-state index contributed by atoms with van der Waals surface area (Å²) in [6.07, 6.45) is -4.38. The minimum absolute atomic E-state index is 0.00588. The Hall–Kier alpha value is -3.04. The predicted octanol–water partition coefficient (Wildman–Crippen LogP) is 0.0917. The van der Waals surface area contributed by atoms with Crippen molar-refractivity contribution < 1.29 is 63.5 Å². The first kappa shape index (κ1) is 30.9. The number of phosphoric acid groups is 1. The lowest BCUT2D eigenvalue weighted by molar-refractivity contribution is -0.247. The lowest BCUT2D eigenvalue weighted by atomic mass is 9.72. The summed E-state index contributed by atoms with van der Waals surface area (Å²) in [7, 11) is -4.64. The van der Waals surface area contributed by atoms with Crippen LogP contribution in [0, 0.1) is 0 Å². The summed E-state index contributed by atoms with van der Waals surface area (Å²) >= 11 is 0. The van der Waals surface area contributed by atoms with E-state index in [1.165, 1.54) is 19.1 Å². The van der Waals surface area contributed by atoms with Crippen LogP contribution in [0.25, 0.3) is 0 Å². The fourth-order valence-corrected chi connectivity index (χ4v) is 5.42. The van der Waals surface area contributed by atoms with Crippen molar-refractivity contribution in [2.24, 2.45) is 5.73 Å². The molecule has 1 saturated heterocycles. The zero-order valence-corrected chi connectivity index (χ0v) is 22.8. The van der Waals surface area contributed by atoms with Crippen LogP contribution in [0.4, 0.5) is 0 Å². The van der Waals surface area contributed by atoms with Crippen molar-refractivity contribution in [3.8, 4) is 11.5 Å². The molecule has 15 heteroatoms. The number of aliphatic hydroxyl groups excluding tert-OH is 1. The number of carbonyl (C=O) groups is 3. The molecule has 5 rings (SSSR count). The summed E-state index contributed by atoms with van der Waals surface area (Å²) in [5.74, 6) is -3.06. The van der Waals surface area contributed by atoms with Gasteiger partial charge < -0.3 is 50.3 Å². The minimum atomic E-state index is -4.64. The van der Waals surface area contributed by atoms with Gasteiger partial charge in [0.25, 0.3) is 0 Å². The van der Waals surface area contributed by atoms with Gasteiger partial charge in [0.05, 0.1) is 29.4 Å². The molecule has 0 amide bonds. The Morgan fingerprint density at radius 2 is 1.59 bits per heavy atom. The second-order valence-electron chi connectivity index (χ2n) is 10.3. The number of phenols is 2. The minimum Gasteiger partial charge on any atom is -0.507 e. The van der Waals surface area contributed by atoms with Crippen LogP contribution in [0.2, 0.25) is 0 Å². The molecule has 3 aliphatic rings. The van der Waals surface area contributed by atoms with Gasteiger partial charge in [-0.25, -0.2) is 4.57 Å². The van der Waals surface area contributed by atoms with E-state index in [0.29, 0.717) is 0 Å². The van der Waals surface area contributed by atoms with Gasteiger partial charge in [-0.15, -0.1) is 0 Å². The van der Waals surface area contributed by atoms with E-state index in [2.05, 4.69) is 0 Å². The van der Waals surface area contributed by atoms with Crippen LogP contribution in [0.15, 0.2) is 24.3 Å². The number of phenolic OH excluding ortho intramolecular Hbond substituents is 2. The van der Waals surface area contributed by atoms with Crippen LogP contribution >= 0.6 is 7.82 Å². The standard InChI is InChI=1S/C26H27NO9.H3O4P/c1-10-21(29)15(27)7-17(35-10)36-16-9-26(34,11(2)28)8-14-18(16)25(33)20-19(24(14)32)22(30)12-5-3-4-6-13(12)23(20)31;1-5(2,3)4/h3-6,10,15-17,21,29,32-34H,7-9,27H2,1-2H3;(H3,1,2,3,4)/t10-,15-,16-,17-,21+,26-;/m0./s1. The number of hydrogen-bond acceptors (Lipinski definition) is 11. The Morgan fingerprint density at radius 1 is 1.07 bits per heavy atom. The lowest BCUT2D eigenvalue weighted by Crippen LogP contribution is -2.52. The first-order chi connectivity index (χ1) is 18.9. The van der Waals surface area contributed by atoms with E-state index in [1.807, 2.05) is 0 Å². The highest BCUT2D eigenvalue weighted by molar-refractivity contribution is 7.45. The first-order valence-electron chi connectivity index (χ1n) is 12.5. The number of nitrogens with two attached hydrogens (primary N) is 1. The van der Waals surface area contributed by atoms with E-state index in [4.69, 9.17) is 34.5 Å². The smallest absolute Gasteiger partial charge is 0.466 e. The van der Waals surface area contributed by atoms with Crippen molar-refractivity contribution in [1.29, 1.82) is 0 Å². The number of aliphatic hydroxyl groups is 2. The van der Waals surface area contributed by atoms with Crippen LogP contribution < -0.4 is 5.73 Å².